The van der Waals surface area contributed by atoms with Crippen molar-refractivity contribution in [2.24, 2.45) is 0 Å². The summed E-state index contributed by atoms with van der Waals surface area (Å²) in [5, 5.41) is 3.08. The lowest BCUT2D eigenvalue weighted by Gasteiger charge is -2.15. The predicted molar refractivity (Wildman–Crippen MR) is 76.4 cm³/mol. The van der Waals surface area contributed by atoms with Gasteiger partial charge in [0.05, 0.1) is 15.5 Å². The Hall–Kier alpha value is -1.07. The number of sulfone groups is 1. The van der Waals surface area contributed by atoms with Crippen LogP contribution in [0.15, 0.2) is 23.1 Å². The Morgan fingerprint density at radius 1 is 1.32 bits per heavy atom. The molecule has 1 aromatic rings. The van der Waals surface area contributed by atoms with Crippen LogP contribution in [0.5, 0.6) is 0 Å². The quantitative estimate of drug-likeness (QED) is 0.909. The van der Waals surface area contributed by atoms with Crippen LogP contribution < -0.4 is 5.32 Å². The van der Waals surface area contributed by atoms with Crippen molar-refractivity contribution >= 4 is 27.3 Å². The Morgan fingerprint density at radius 2 is 1.89 bits per heavy atom. The second kappa shape index (κ2) is 6.39. The molecule has 0 saturated carbocycles. The van der Waals surface area contributed by atoms with Gasteiger partial charge in [-0.05, 0) is 31.0 Å². The number of rotatable bonds is 5. The van der Waals surface area contributed by atoms with E-state index in [1.807, 2.05) is 13.8 Å². The molecule has 0 heterocycles. The van der Waals surface area contributed by atoms with E-state index < -0.39 is 9.84 Å². The number of carbonyl (C=O) groups excluding carboxylic acids is 1. The molecule has 106 valence electrons. The van der Waals surface area contributed by atoms with Gasteiger partial charge in [0.1, 0.15) is 0 Å². The molecule has 0 unspecified atom stereocenters. The third-order valence-electron chi connectivity index (χ3n) is 2.93. The minimum absolute atomic E-state index is 0.0606. The van der Waals surface area contributed by atoms with Crippen molar-refractivity contribution in [1.82, 2.24) is 5.32 Å². The summed E-state index contributed by atoms with van der Waals surface area (Å²) in [6.45, 7) is 3.95. The van der Waals surface area contributed by atoms with E-state index in [1.54, 1.807) is 0 Å². The van der Waals surface area contributed by atoms with Crippen molar-refractivity contribution in [3.63, 3.8) is 0 Å². The van der Waals surface area contributed by atoms with Crippen molar-refractivity contribution in [2.45, 2.75) is 37.6 Å². The minimum atomic E-state index is -3.35. The van der Waals surface area contributed by atoms with Crippen LogP contribution in [0.25, 0.3) is 0 Å². The molecule has 0 aromatic heterocycles. The summed E-state index contributed by atoms with van der Waals surface area (Å²) in [5.74, 6) is -0.343. The van der Waals surface area contributed by atoms with E-state index in [9.17, 15) is 13.2 Å². The normalized spacial score (nSPS) is 11.6. The van der Waals surface area contributed by atoms with Crippen molar-refractivity contribution in [3.05, 3.63) is 28.8 Å². The third kappa shape index (κ3) is 4.21. The van der Waals surface area contributed by atoms with Gasteiger partial charge in [-0.1, -0.05) is 25.4 Å². The monoisotopic (exact) mass is 303 g/mol. The van der Waals surface area contributed by atoms with Gasteiger partial charge in [-0.15, -0.1) is 0 Å². The van der Waals surface area contributed by atoms with Gasteiger partial charge in [-0.3, -0.25) is 4.79 Å². The highest BCUT2D eigenvalue weighted by atomic mass is 35.5. The summed E-state index contributed by atoms with van der Waals surface area (Å²) < 4.78 is 23.0. The van der Waals surface area contributed by atoms with Crippen LogP contribution in [0.2, 0.25) is 5.02 Å². The van der Waals surface area contributed by atoms with Crippen LogP contribution in [0, 0.1) is 0 Å². The predicted octanol–water partition coefficient (Wildman–Crippen LogP) is 2.66. The topological polar surface area (TPSA) is 63.2 Å². The van der Waals surface area contributed by atoms with E-state index >= 15 is 0 Å². The second-order valence-electron chi connectivity index (χ2n) is 4.40. The molecule has 0 atom stereocenters. The first kappa shape index (κ1) is 16.0. The smallest absolute Gasteiger partial charge is 0.253 e. The first-order valence-electron chi connectivity index (χ1n) is 6.10. The van der Waals surface area contributed by atoms with Crippen molar-refractivity contribution in [3.8, 4) is 0 Å². The number of nitrogens with one attached hydrogen (secondary N) is 1. The van der Waals surface area contributed by atoms with Crippen LogP contribution >= 0.6 is 11.6 Å². The molecule has 0 fully saturated rings. The summed E-state index contributed by atoms with van der Waals surface area (Å²) >= 11 is 5.96. The fourth-order valence-corrected chi connectivity index (χ4v) is 2.52. The Labute approximate surface area is 119 Å². The Morgan fingerprint density at radius 3 is 2.37 bits per heavy atom. The molecule has 6 heteroatoms. The Balaban J connectivity index is 3.09. The molecule has 1 rings (SSSR count). The zero-order valence-electron chi connectivity index (χ0n) is 11.2. The van der Waals surface area contributed by atoms with E-state index in [-0.39, 0.29) is 27.4 Å². The van der Waals surface area contributed by atoms with Crippen LogP contribution in [-0.2, 0) is 9.84 Å². The fraction of sp³-hybridized carbons (Fsp3) is 0.462. The van der Waals surface area contributed by atoms with Crippen molar-refractivity contribution in [2.75, 3.05) is 6.26 Å². The third-order valence-corrected chi connectivity index (χ3v) is 4.37. The number of hydrogen-bond donors (Lipinski definition) is 1. The molecule has 19 heavy (non-hydrogen) atoms. The van der Waals surface area contributed by atoms with Gasteiger partial charge >= 0.3 is 0 Å². The number of amides is 1. The molecule has 0 saturated heterocycles. The highest BCUT2D eigenvalue weighted by Crippen LogP contribution is 2.20. The molecule has 0 bridgehead atoms. The molecule has 1 aromatic carbocycles. The number of hydrogen-bond acceptors (Lipinski definition) is 3. The number of halogens is 1. The first-order valence-corrected chi connectivity index (χ1v) is 8.37. The van der Waals surface area contributed by atoms with Crippen LogP contribution in [0.3, 0.4) is 0 Å². The zero-order valence-corrected chi connectivity index (χ0v) is 12.8. The summed E-state index contributed by atoms with van der Waals surface area (Å²) in [6.07, 6.45) is 2.72. The molecule has 4 nitrogen and oxygen atoms in total. The van der Waals surface area contributed by atoms with Gasteiger partial charge in [0.25, 0.3) is 5.91 Å². The van der Waals surface area contributed by atoms with Gasteiger partial charge in [0.15, 0.2) is 9.84 Å². The average Bonchev–Trinajstić information content (AvgIpc) is 2.34. The van der Waals surface area contributed by atoms with Crippen molar-refractivity contribution < 1.29 is 13.2 Å². The molecule has 0 spiro atoms. The molecule has 0 radical (unpaired) electrons. The number of carbonyl (C=O) groups is 1. The van der Waals surface area contributed by atoms with Crippen molar-refractivity contribution in [1.29, 1.82) is 0 Å². The maximum atomic E-state index is 12.1. The highest BCUT2D eigenvalue weighted by molar-refractivity contribution is 7.90. The Bertz CT molecular complexity index is 565. The summed E-state index contributed by atoms with van der Waals surface area (Å²) in [4.78, 5) is 12.2. The van der Waals surface area contributed by atoms with Crippen LogP contribution in [0.1, 0.15) is 37.0 Å². The lowest BCUT2D eigenvalue weighted by molar-refractivity contribution is 0.0935. The Kier molecular flexibility index (Phi) is 5.38. The second-order valence-corrected chi connectivity index (χ2v) is 6.82. The highest BCUT2D eigenvalue weighted by Gasteiger charge is 2.17. The summed E-state index contributed by atoms with van der Waals surface area (Å²) in [6, 6.07) is 4.20. The SMILES string of the molecule is CCC(CC)NC(=O)c1cc(S(C)(=O)=O)ccc1Cl. The molecule has 1 amide bonds. The maximum Gasteiger partial charge on any atom is 0.253 e. The molecule has 1 N–H and O–H groups in total. The average molecular weight is 304 g/mol. The van der Waals surface area contributed by atoms with Gasteiger partial charge in [0.2, 0.25) is 0 Å². The molecule has 0 aliphatic carbocycles. The standard InChI is InChI=1S/C13H18ClNO3S/c1-4-9(5-2)15-13(16)11-8-10(19(3,17)18)6-7-12(11)14/h6-9H,4-5H2,1-3H3,(H,15,16). The van der Waals surface area contributed by atoms with Crippen LogP contribution in [-0.4, -0.2) is 26.6 Å². The van der Waals surface area contributed by atoms with E-state index in [2.05, 4.69) is 5.32 Å². The maximum absolute atomic E-state index is 12.1. The molecule has 0 aliphatic heterocycles. The molecular weight excluding hydrogens is 286 g/mol. The van der Waals surface area contributed by atoms with Crippen LogP contribution in [0.4, 0.5) is 0 Å². The summed E-state index contributed by atoms with van der Waals surface area (Å²) in [5.41, 5.74) is 0.191. The molecular formula is C13H18ClNO3S. The van der Waals surface area contributed by atoms with E-state index in [0.717, 1.165) is 19.1 Å². The minimum Gasteiger partial charge on any atom is -0.349 e. The fourth-order valence-electron chi connectivity index (χ4n) is 1.66. The van der Waals surface area contributed by atoms with E-state index in [0.29, 0.717) is 0 Å². The van der Waals surface area contributed by atoms with E-state index in [1.165, 1.54) is 18.2 Å². The number of benzene rings is 1. The lowest BCUT2D eigenvalue weighted by atomic mass is 10.1. The van der Waals surface area contributed by atoms with Gasteiger partial charge in [-0.2, -0.15) is 0 Å². The first-order chi connectivity index (χ1) is 8.79. The largest absolute Gasteiger partial charge is 0.349 e. The van der Waals surface area contributed by atoms with Gasteiger partial charge < -0.3 is 5.32 Å². The van der Waals surface area contributed by atoms with E-state index in [4.69, 9.17) is 11.6 Å². The summed E-state index contributed by atoms with van der Waals surface area (Å²) in [7, 11) is -3.35. The van der Waals surface area contributed by atoms with Gasteiger partial charge in [0, 0.05) is 12.3 Å². The zero-order chi connectivity index (χ0) is 14.6. The van der Waals surface area contributed by atoms with Gasteiger partial charge in [-0.25, -0.2) is 8.42 Å². The lowest BCUT2D eigenvalue weighted by Crippen LogP contribution is -2.34. The molecule has 0 aliphatic rings.